The third-order valence-corrected chi connectivity index (χ3v) is 12.8. The van der Waals surface area contributed by atoms with Crippen LogP contribution in [-0.2, 0) is 0 Å². The lowest BCUT2D eigenvalue weighted by Crippen LogP contribution is -1.81. The van der Waals surface area contributed by atoms with Crippen LogP contribution in [0.1, 0.15) is 31.3 Å². The second-order valence-electron chi connectivity index (χ2n) is 9.47. The van der Waals surface area contributed by atoms with E-state index in [0.717, 1.165) is 0 Å². The molecule has 0 saturated heterocycles. The van der Waals surface area contributed by atoms with E-state index >= 15 is 0 Å². The molecule has 1 aromatic carbocycles. The van der Waals surface area contributed by atoms with Gasteiger partial charge in [-0.05, 0) is 124 Å². The van der Waals surface area contributed by atoms with Crippen molar-refractivity contribution in [3.05, 3.63) is 138 Å². The highest BCUT2D eigenvalue weighted by atomic mass is 32.1. The molecule has 7 aromatic rings. The van der Waals surface area contributed by atoms with Crippen molar-refractivity contribution in [3.8, 4) is 29.3 Å². The molecule has 0 N–H and O–H groups in total. The molecule has 0 unspecified atom stereocenters. The van der Waals surface area contributed by atoms with Gasteiger partial charge in [0.1, 0.15) is 0 Å². The fourth-order valence-electron chi connectivity index (χ4n) is 4.51. The number of benzene rings is 1. The summed E-state index contributed by atoms with van der Waals surface area (Å²) in [4.78, 5) is 11.7. The van der Waals surface area contributed by atoms with Gasteiger partial charge in [-0.2, -0.15) is 0 Å². The second-order valence-corrected chi connectivity index (χ2v) is 15.7. The van der Waals surface area contributed by atoms with Crippen molar-refractivity contribution >= 4 is 104 Å². The summed E-state index contributed by atoms with van der Waals surface area (Å²) < 4.78 is 0. The highest BCUT2D eigenvalue weighted by Crippen LogP contribution is 2.35. The lowest BCUT2D eigenvalue weighted by molar-refractivity contribution is 1.59. The Morgan fingerprint density at radius 2 is 0.667 bits per heavy atom. The van der Waals surface area contributed by atoms with Crippen LogP contribution in [0.2, 0.25) is 0 Å². The molecular weight excluding hydrogens is 625 g/mol. The minimum absolute atomic E-state index is 1.19. The Kier molecular flexibility index (Phi) is 8.42. The minimum atomic E-state index is 1.19. The highest BCUT2D eigenvalue weighted by Gasteiger charge is 2.05. The summed E-state index contributed by atoms with van der Waals surface area (Å²) in [6, 6.07) is 33.0. The molecule has 0 aliphatic rings. The molecule has 6 heteroatoms. The zero-order chi connectivity index (χ0) is 28.1. The summed E-state index contributed by atoms with van der Waals surface area (Å²) >= 11 is 10.9. The predicted molar refractivity (Wildman–Crippen MR) is 196 cm³/mol. The molecule has 0 aliphatic heterocycles. The SMILES string of the molecule is C(=C\c1ccc(-c2cccs2)s1)/c1cc(/C=C/c2ccc(-c3cccs3)s2)cc(/C=C/c2ccc(-c3cccs3)s2)c1. The molecule has 0 atom stereocenters. The third kappa shape index (κ3) is 6.65. The van der Waals surface area contributed by atoms with Gasteiger partial charge in [-0.15, -0.1) is 68.0 Å². The molecule has 42 heavy (non-hydrogen) atoms. The maximum atomic E-state index is 2.27. The third-order valence-electron chi connectivity index (χ3n) is 6.49. The highest BCUT2D eigenvalue weighted by molar-refractivity contribution is 7.22. The fourth-order valence-corrected chi connectivity index (χ4v) is 9.74. The summed E-state index contributed by atoms with van der Waals surface area (Å²) in [6.45, 7) is 0. The Labute approximate surface area is 270 Å². The van der Waals surface area contributed by atoms with E-state index in [9.17, 15) is 0 Å². The monoisotopic (exact) mass is 648 g/mol. The van der Waals surface area contributed by atoms with Crippen LogP contribution in [0.15, 0.2) is 107 Å². The largest absolute Gasteiger partial charge is 0.143 e. The van der Waals surface area contributed by atoms with Crippen molar-refractivity contribution < 1.29 is 0 Å². The van der Waals surface area contributed by atoms with Crippen molar-refractivity contribution in [3.63, 3.8) is 0 Å². The first-order valence-electron chi connectivity index (χ1n) is 13.4. The topological polar surface area (TPSA) is 0 Å². The number of hydrogen-bond donors (Lipinski definition) is 0. The van der Waals surface area contributed by atoms with E-state index in [-0.39, 0.29) is 0 Å². The number of thiophene rings is 6. The van der Waals surface area contributed by atoms with Crippen LogP contribution in [0, 0.1) is 0 Å². The lowest BCUT2D eigenvalue weighted by atomic mass is 10.0. The maximum Gasteiger partial charge on any atom is 0.0448 e. The van der Waals surface area contributed by atoms with Crippen LogP contribution < -0.4 is 0 Å². The average Bonchev–Trinajstić information content (AvgIpc) is 3.86. The van der Waals surface area contributed by atoms with Gasteiger partial charge in [-0.1, -0.05) is 36.4 Å². The summed E-state index contributed by atoms with van der Waals surface area (Å²) in [5.74, 6) is 0. The smallest absolute Gasteiger partial charge is 0.0448 e. The molecule has 204 valence electrons. The van der Waals surface area contributed by atoms with Crippen molar-refractivity contribution in [2.75, 3.05) is 0 Å². The van der Waals surface area contributed by atoms with E-state index in [1.54, 1.807) is 34.0 Å². The van der Waals surface area contributed by atoms with Crippen molar-refractivity contribution in [1.29, 1.82) is 0 Å². The van der Waals surface area contributed by atoms with Gasteiger partial charge in [0.05, 0.1) is 0 Å². The van der Waals surface area contributed by atoms with Gasteiger partial charge < -0.3 is 0 Å². The standard InChI is InChI=1S/C36H24S6/c1-4-31(37-19-1)34-16-13-28(40-34)10-7-25-22-26(8-11-29-14-17-35(41-29)32-5-2-20-38-32)24-27(23-25)9-12-30-15-18-36(42-30)33-6-3-21-39-33/h1-24H/b10-7+,11-8+,12-9+. The molecule has 7 rings (SSSR count). The molecule has 6 aromatic heterocycles. The minimum Gasteiger partial charge on any atom is -0.143 e. The Morgan fingerprint density at radius 3 is 0.952 bits per heavy atom. The molecule has 0 amide bonds. The predicted octanol–water partition coefficient (Wildman–Crippen LogP) is 13.6. The molecule has 0 aliphatic carbocycles. The second kappa shape index (κ2) is 12.9. The van der Waals surface area contributed by atoms with Gasteiger partial charge in [0.2, 0.25) is 0 Å². The van der Waals surface area contributed by atoms with Crippen LogP contribution in [-0.4, -0.2) is 0 Å². The van der Waals surface area contributed by atoms with Crippen LogP contribution in [0.25, 0.3) is 65.7 Å². The first kappa shape index (κ1) is 27.5. The van der Waals surface area contributed by atoms with Gasteiger partial charge in [0.15, 0.2) is 0 Å². The van der Waals surface area contributed by atoms with E-state index in [4.69, 9.17) is 0 Å². The van der Waals surface area contributed by atoms with Crippen LogP contribution in [0.3, 0.4) is 0 Å². The summed E-state index contributed by atoms with van der Waals surface area (Å²) in [5.41, 5.74) is 3.58. The van der Waals surface area contributed by atoms with E-state index in [0.29, 0.717) is 0 Å². The maximum absolute atomic E-state index is 2.27. The Hall–Kier alpha value is -3.36. The first-order valence-corrected chi connectivity index (χ1v) is 18.4. The van der Waals surface area contributed by atoms with Gasteiger partial charge in [-0.3, -0.25) is 0 Å². The van der Waals surface area contributed by atoms with Gasteiger partial charge in [0, 0.05) is 43.9 Å². The van der Waals surface area contributed by atoms with E-state index < -0.39 is 0 Å². The average molecular weight is 649 g/mol. The molecule has 0 bridgehead atoms. The Balaban J connectivity index is 1.16. The van der Waals surface area contributed by atoms with E-state index in [1.165, 1.54) is 60.6 Å². The molecule has 0 saturated carbocycles. The Bertz CT molecular complexity index is 1720. The summed E-state index contributed by atoms with van der Waals surface area (Å²) in [7, 11) is 0. The molecule has 0 radical (unpaired) electrons. The van der Waals surface area contributed by atoms with Crippen LogP contribution in [0.5, 0.6) is 0 Å². The Morgan fingerprint density at radius 1 is 0.333 bits per heavy atom. The van der Waals surface area contributed by atoms with Gasteiger partial charge in [-0.25, -0.2) is 0 Å². The van der Waals surface area contributed by atoms with Crippen molar-refractivity contribution in [2.24, 2.45) is 0 Å². The fraction of sp³-hybridized carbons (Fsp3) is 0. The van der Waals surface area contributed by atoms with Crippen molar-refractivity contribution in [1.82, 2.24) is 0 Å². The summed E-state index contributed by atoms with van der Waals surface area (Å²) in [6.07, 6.45) is 13.4. The molecule has 0 nitrogen and oxygen atoms in total. The number of rotatable bonds is 9. The molecular formula is C36H24S6. The van der Waals surface area contributed by atoms with Crippen LogP contribution >= 0.6 is 68.0 Å². The zero-order valence-electron chi connectivity index (χ0n) is 22.3. The van der Waals surface area contributed by atoms with Crippen molar-refractivity contribution in [2.45, 2.75) is 0 Å². The lowest BCUT2D eigenvalue weighted by Gasteiger charge is -2.02. The quantitative estimate of drug-likeness (QED) is 0.146. The van der Waals surface area contributed by atoms with Crippen LogP contribution in [0.4, 0.5) is 0 Å². The van der Waals surface area contributed by atoms with E-state index in [1.807, 2.05) is 34.0 Å². The molecule has 0 fully saturated rings. The van der Waals surface area contributed by atoms with Gasteiger partial charge in [0.25, 0.3) is 0 Å². The normalized spacial score (nSPS) is 12.0. The first-order chi connectivity index (χ1) is 20.7. The summed E-state index contributed by atoms with van der Waals surface area (Å²) in [5, 5.41) is 6.41. The van der Waals surface area contributed by atoms with E-state index in [2.05, 4.69) is 144 Å². The van der Waals surface area contributed by atoms with Gasteiger partial charge >= 0.3 is 0 Å². The molecule has 6 heterocycles. The molecule has 0 spiro atoms. The zero-order valence-corrected chi connectivity index (χ0v) is 27.2. The number of hydrogen-bond acceptors (Lipinski definition) is 6.